The molecule has 1 heterocycles. The Balaban J connectivity index is 1.63. The maximum atomic E-state index is 13.0. The Hall–Kier alpha value is -2.65. The highest BCUT2D eigenvalue weighted by molar-refractivity contribution is 7.89. The van der Waals surface area contributed by atoms with E-state index in [0.717, 1.165) is 22.5 Å². The summed E-state index contributed by atoms with van der Waals surface area (Å²) < 4.78 is 36.3. The van der Waals surface area contributed by atoms with Gasteiger partial charge in [0, 0.05) is 16.6 Å². The quantitative estimate of drug-likeness (QED) is 0.405. The number of ether oxygens (including phenoxy) is 1. The number of hydrogen-bond acceptors (Lipinski definition) is 5. The molecule has 4 rings (SSSR count). The van der Waals surface area contributed by atoms with Gasteiger partial charge in [0.15, 0.2) is 0 Å². The van der Waals surface area contributed by atoms with Crippen LogP contribution in [-0.4, -0.2) is 20.1 Å². The number of thiazole rings is 1. The van der Waals surface area contributed by atoms with Gasteiger partial charge in [-0.15, -0.1) is 0 Å². The number of nitrogens with zero attached hydrogens (tertiary/aromatic N) is 1. The molecule has 1 atom stereocenters. The lowest BCUT2D eigenvalue weighted by Gasteiger charge is -2.17. The molecule has 1 aromatic heterocycles. The van der Waals surface area contributed by atoms with E-state index in [1.807, 2.05) is 30.3 Å². The Bertz CT molecular complexity index is 1430. The fourth-order valence-corrected chi connectivity index (χ4v) is 5.90. The molecule has 3 aromatic carbocycles. The van der Waals surface area contributed by atoms with E-state index < -0.39 is 16.1 Å². The molecule has 0 aliphatic heterocycles. The molecule has 9 heteroatoms. The van der Waals surface area contributed by atoms with E-state index in [9.17, 15) is 13.2 Å². The van der Waals surface area contributed by atoms with Gasteiger partial charge >= 0.3 is 4.87 Å². The molecule has 166 valence electrons. The predicted molar refractivity (Wildman–Crippen MR) is 128 cm³/mol. The summed E-state index contributed by atoms with van der Waals surface area (Å²) in [6, 6.07) is 18.8. The average molecular weight is 489 g/mol. The van der Waals surface area contributed by atoms with Gasteiger partial charge in [0.05, 0.1) is 28.8 Å². The van der Waals surface area contributed by atoms with Crippen molar-refractivity contribution in [3.8, 4) is 5.75 Å². The highest BCUT2D eigenvalue weighted by Crippen LogP contribution is 2.27. The molecular formula is C23H21ClN2O4S2. The van der Waals surface area contributed by atoms with Crippen molar-refractivity contribution in [2.45, 2.75) is 24.4 Å². The van der Waals surface area contributed by atoms with Crippen LogP contribution in [0.4, 0.5) is 0 Å². The topological polar surface area (TPSA) is 77.4 Å². The van der Waals surface area contributed by atoms with E-state index in [1.165, 1.54) is 12.1 Å². The molecule has 0 unspecified atom stereocenters. The lowest BCUT2D eigenvalue weighted by atomic mass is 10.1. The molecule has 0 aliphatic carbocycles. The Kier molecular flexibility index (Phi) is 6.39. The highest BCUT2D eigenvalue weighted by atomic mass is 35.5. The van der Waals surface area contributed by atoms with E-state index in [1.54, 1.807) is 42.9 Å². The molecule has 4 aromatic rings. The van der Waals surface area contributed by atoms with Gasteiger partial charge < -0.3 is 4.74 Å². The number of halogens is 1. The maximum absolute atomic E-state index is 13.0. The largest absolute Gasteiger partial charge is 0.496 e. The molecule has 0 bridgehead atoms. The lowest BCUT2D eigenvalue weighted by molar-refractivity contribution is 0.405. The SMILES string of the molecule is COc1ccccc1[C@@H](C)NS(=O)(=O)c1ccc2c(c1)sc(=O)n2Cc1ccc(Cl)cc1. The van der Waals surface area contributed by atoms with E-state index in [0.29, 0.717) is 27.5 Å². The summed E-state index contributed by atoms with van der Waals surface area (Å²) in [4.78, 5) is 12.5. The fraction of sp³-hybridized carbons (Fsp3) is 0.174. The average Bonchev–Trinajstić information content (AvgIpc) is 3.09. The smallest absolute Gasteiger partial charge is 0.308 e. The molecule has 0 aliphatic rings. The first-order valence-corrected chi connectivity index (χ1v) is 12.5. The van der Waals surface area contributed by atoms with Gasteiger partial charge in [0.1, 0.15) is 5.75 Å². The first-order valence-electron chi connectivity index (χ1n) is 9.81. The van der Waals surface area contributed by atoms with Crippen LogP contribution in [0, 0.1) is 0 Å². The molecule has 0 saturated heterocycles. The first kappa shape index (κ1) is 22.5. The molecule has 0 amide bonds. The standard InChI is InChI=1S/C23H21ClN2O4S2/c1-15(19-5-3-4-6-21(19)30-2)25-32(28,29)18-11-12-20-22(13-18)31-23(27)26(20)14-16-7-9-17(24)10-8-16/h3-13,15,25H,14H2,1-2H3/t15-/m1/s1. The molecular weight excluding hydrogens is 468 g/mol. The molecule has 0 saturated carbocycles. The van der Waals surface area contributed by atoms with Gasteiger partial charge in [-0.05, 0) is 48.9 Å². The zero-order valence-electron chi connectivity index (χ0n) is 17.4. The van der Waals surface area contributed by atoms with E-state index in [2.05, 4.69) is 4.72 Å². The molecule has 0 spiro atoms. The van der Waals surface area contributed by atoms with Crippen molar-refractivity contribution in [1.29, 1.82) is 0 Å². The van der Waals surface area contributed by atoms with Crippen LogP contribution < -0.4 is 14.3 Å². The second-order valence-corrected chi connectivity index (χ2v) is 10.4. The van der Waals surface area contributed by atoms with Crippen LogP contribution in [0.25, 0.3) is 10.2 Å². The molecule has 6 nitrogen and oxygen atoms in total. The van der Waals surface area contributed by atoms with Crippen LogP contribution in [0.1, 0.15) is 24.1 Å². The number of benzene rings is 3. The summed E-state index contributed by atoms with van der Waals surface area (Å²) in [6.45, 7) is 2.14. The normalized spacial score (nSPS) is 12.7. The summed E-state index contributed by atoms with van der Waals surface area (Å²) in [5.41, 5.74) is 2.35. The molecule has 32 heavy (non-hydrogen) atoms. The van der Waals surface area contributed by atoms with Crippen LogP contribution in [0.2, 0.25) is 5.02 Å². The van der Waals surface area contributed by atoms with Crippen molar-refractivity contribution in [3.63, 3.8) is 0 Å². The third-order valence-electron chi connectivity index (χ3n) is 5.14. The van der Waals surface area contributed by atoms with Crippen molar-refractivity contribution < 1.29 is 13.2 Å². The second-order valence-electron chi connectivity index (χ2n) is 7.30. The molecule has 0 fully saturated rings. The van der Waals surface area contributed by atoms with E-state index in [-0.39, 0.29) is 9.77 Å². The van der Waals surface area contributed by atoms with Gasteiger partial charge in [0.25, 0.3) is 0 Å². The number of nitrogens with one attached hydrogen (secondary N) is 1. The molecule has 1 N–H and O–H groups in total. The number of aromatic nitrogens is 1. The van der Waals surface area contributed by atoms with Crippen LogP contribution in [-0.2, 0) is 16.6 Å². The van der Waals surface area contributed by atoms with Crippen LogP contribution >= 0.6 is 22.9 Å². The molecule has 0 radical (unpaired) electrons. The number of hydrogen-bond donors (Lipinski definition) is 1. The highest BCUT2D eigenvalue weighted by Gasteiger charge is 2.21. The Morgan fingerprint density at radius 2 is 1.81 bits per heavy atom. The third kappa shape index (κ3) is 4.59. The number of methoxy groups -OCH3 is 1. The van der Waals surface area contributed by atoms with Crippen molar-refractivity contribution in [1.82, 2.24) is 9.29 Å². The number of sulfonamides is 1. The monoisotopic (exact) mass is 488 g/mol. The summed E-state index contributed by atoms with van der Waals surface area (Å²) >= 11 is 6.96. The number of para-hydroxylation sites is 1. The van der Waals surface area contributed by atoms with Gasteiger partial charge in [-0.25, -0.2) is 13.1 Å². The Labute approximate surface area is 195 Å². The minimum atomic E-state index is -3.82. The lowest BCUT2D eigenvalue weighted by Crippen LogP contribution is -2.27. The number of fused-ring (bicyclic) bond motifs is 1. The predicted octanol–water partition coefficient (Wildman–Crippen LogP) is 4.81. The zero-order valence-corrected chi connectivity index (χ0v) is 19.8. The van der Waals surface area contributed by atoms with Gasteiger partial charge in [-0.1, -0.05) is 53.3 Å². The number of rotatable bonds is 7. The van der Waals surface area contributed by atoms with Crippen molar-refractivity contribution in [2.75, 3.05) is 7.11 Å². The summed E-state index contributed by atoms with van der Waals surface area (Å²) in [7, 11) is -2.27. The van der Waals surface area contributed by atoms with Crippen molar-refractivity contribution in [2.24, 2.45) is 0 Å². The second kappa shape index (κ2) is 9.07. The van der Waals surface area contributed by atoms with E-state index >= 15 is 0 Å². The minimum absolute atomic E-state index is 0.103. The van der Waals surface area contributed by atoms with Crippen LogP contribution in [0.3, 0.4) is 0 Å². The zero-order chi connectivity index (χ0) is 22.9. The summed E-state index contributed by atoms with van der Waals surface area (Å²) in [5.74, 6) is 0.607. The van der Waals surface area contributed by atoms with Crippen LogP contribution in [0.5, 0.6) is 5.75 Å². The minimum Gasteiger partial charge on any atom is -0.496 e. The van der Waals surface area contributed by atoms with Crippen molar-refractivity contribution in [3.05, 3.63) is 92.5 Å². The summed E-state index contributed by atoms with van der Waals surface area (Å²) in [5, 5.41) is 0.626. The fourth-order valence-electron chi connectivity index (χ4n) is 3.52. The van der Waals surface area contributed by atoms with Crippen molar-refractivity contribution >= 4 is 43.2 Å². The van der Waals surface area contributed by atoms with E-state index in [4.69, 9.17) is 16.3 Å². The third-order valence-corrected chi connectivity index (χ3v) is 7.87. The van der Waals surface area contributed by atoms with Gasteiger partial charge in [-0.3, -0.25) is 9.36 Å². The van der Waals surface area contributed by atoms with Gasteiger partial charge in [0.2, 0.25) is 10.0 Å². The first-order chi connectivity index (χ1) is 15.3. The van der Waals surface area contributed by atoms with Gasteiger partial charge in [-0.2, -0.15) is 0 Å². The summed E-state index contributed by atoms with van der Waals surface area (Å²) in [6.07, 6.45) is 0. The maximum Gasteiger partial charge on any atom is 0.308 e. The van der Waals surface area contributed by atoms with Crippen LogP contribution in [0.15, 0.2) is 76.4 Å². The Morgan fingerprint density at radius 3 is 2.53 bits per heavy atom. The Morgan fingerprint density at radius 1 is 1.09 bits per heavy atom.